The zero-order valence-corrected chi connectivity index (χ0v) is 13.3. The van der Waals surface area contributed by atoms with E-state index >= 15 is 0 Å². The maximum Gasteiger partial charge on any atom is 0.129 e. The standard InChI is InChI=1S/C16H17ClN2OS/c1-20-15-7-6-11(8-13(15)16(18)19)9-21-10-12-4-2-3-5-14(12)17/h2-8H,9-10H2,1H3,(H3,18,19). The summed E-state index contributed by atoms with van der Waals surface area (Å²) < 4.78 is 5.21. The van der Waals surface area contributed by atoms with Crippen LogP contribution in [0.2, 0.25) is 5.02 Å². The van der Waals surface area contributed by atoms with Gasteiger partial charge in [-0.2, -0.15) is 11.8 Å². The molecular weight excluding hydrogens is 304 g/mol. The fourth-order valence-corrected chi connectivity index (χ4v) is 3.22. The number of nitrogen functional groups attached to an aromatic ring is 1. The van der Waals surface area contributed by atoms with Gasteiger partial charge in [0, 0.05) is 16.5 Å². The molecule has 5 heteroatoms. The second-order valence-electron chi connectivity index (χ2n) is 4.53. The van der Waals surface area contributed by atoms with Crippen LogP contribution in [0.15, 0.2) is 42.5 Å². The van der Waals surface area contributed by atoms with Gasteiger partial charge in [-0.3, -0.25) is 5.41 Å². The third-order valence-corrected chi connectivity index (χ3v) is 4.46. The molecule has 0 spiro atoms. The lowest BCUT2D eigenvalue weighted by Crippen LogP contribution is -2.12. The molecule has 0 saturated heterocycles. The molecule has 3 N–H and O–H groups in total. The van der Waals surface area contributed by atoms with Crippen LogP contribution in [-0.2, 0) is 11.5 Å². The number of methoxy groups -OCH3 is 1. The summed E-state index contributed by atoms with van der Waals surface area (Å²) in [7, 11) is 1.58. The second kappa shape index (κ2) is 7.38. The number of hydrogen-bond acceptors (Lipinski definition) is 3. The highest BCUT2D eigenvalue weighted by Crippen LogP contribution is 2.25. The first kappa shape index (κ1) is 15.7. The third-order valence-electron chi connectivity index (χ3n) is 3.04. The molecule has 0 radical (unpaired) electrons. The molecule has 3 nitrogen and oxygen atoms in total. The van der Waals surface area contributed by atoms with Crippen molar-refractivity contribution in [3.05, 3.63) is 64.2 Å². The second-order valence-corrected chi connectivity index (χ2v) is 5.93. The summed E-state index contributed by atoms with van der Waals surface area (Å²) in [5.74, 6) is 2.32. The van der Waals surface area contributed by atoms with Crippen LogP contribution in [0.1, 0.15) is 16.7 Å². The fourth-order valence-electron chi connectivity index (χ4n) is 1.95. The zero-order valence-electron chi connectivity index (χ0n) is 11.7. The largest absolute Gasteiger partial charge is 0.496 e. The van der Waals surface area contributed by atoms with Crippen molar-refractivity contribution in [3.8, 4) is 5.75 Å². The molecule has 2 aromatic carbocycles. The molecule has 0 atom stereocenters. The first-order chi connectivity index (χ1) is 10.1. The topological polar surface area (TPSA) is 59.1 Å². The van der Waals surface area contributed by atoms with Crippen molar-refractivity contribution in [2.75, 3.05) is 7.11 Å². The number of nitrogens with one attached hydrogen (secondary N) is 1. The van der Waals surface area contributed by atoms with Crippen molar-refractivity contribution < 1.29 is 4.74 Å². The van der Waals surface area contributed by atoms with Crippen LogP contribution in [0, 0.1) is 5.41 Å². The van der Waals surface area contributed by atoms with E-state index < -0.39 is 0 Å². The number of amidine groups is 1. The molecule has 0 aliphatic carbocycles. The molecule has 0 aromatic heterocycles. The van der Waals surface area contributed by atoms with Gasteiger partial charge in [0.2, 0.25) is 0 Å². The minimum absolute atomic E-state index is 0.0183. The quantitative estimate of drug-likeness (QED) is 0.623. The van der Waals surface area contributed by atoms with Gasteiger partial charge in [0.05, 0.1) is 12.7 Å². The smallest absolute Gasteiger partial charge is 0.129 e. The maximum absolute atomic E-state index is 7.59. The van der Waals surface area contributed by atoms with Crippen LogP contribution < -0.4 is 10.5 Å². The molecule has 0 amide bonds. The molecule has 0 aliphatic heterocycles. The molecule has 21 heavy (non-hydrogen) atoms. The summed E-state index contributed by atoms with van der Waals surface area (Å²) >= 11 is 7.91. The summed E-state index contributed by atoms with van der Waals surface area (Å²) in [6, 6.07) is 13.6. The number of nitrogens with two attached hydrogens (primary N) is 1. The van der Waals surface area contributed by atoms with Crippen LogP contribution in [-0.4, -0.2) is 12.9 Å². The van der Waals surface area contributed by atoms with E-state index in [0.29, 0.717) is 11.3 Å². The number of benzene rings is 2. The molecule has 0 fully saturated rings. The van der Waals surface area contributed by atoms with Crippen molar-refractivity contribution in [2.45, 2.75) is 11.5 Å². The van der Waals surface area contributed by atoms with E-state index in [1.807, 2.05) is 42.5 Å². The van der Waals surface area contributed by atoms with Gasteiger partial charge in [-0.15, -0.1) is 0 Å². The highest BCUT2D eigenvalue weighted by atomic mass is 35.5. The normalized spacial score (nSPS) is 10.4. The predicted octanol–water partition coefficient (Wildman–Crippen LogP) is 4.07. The Labute approximate surface area is 134 Å². The Bertz CT molecular complexity index is 646. The summed E-state index contributed by atoms with van der Waals surface area (Å²) in [4.78, 5) is 0. The van der Waals surface area contributed by atoms with E-state index in [1.165, 1.54) is 0 Å². The third kappa shape index (κ3) is 4.16. The van der Waals surface area contributed by atoms with Crippen molar-refractivity contribution in [1.29, 1.82) is 5.41 Å². The van der Waals surface area contributed by atoms with Crippen LogP contribution in [0.25, 0.3) is 0 Å². The van der Waals surface area contributed by atoms with E-state index in [-0.39, 0.29) is 5.84 Å². The van der Waals surface area contributed by atoms with Crippen LogP contribution in [0.5, 0.6) is 5.75 Å². The van der Waals surface area contributed by atoms with Gasteiger partial charge in [0.25, 0.3) is 0 Å². The van der Waals surface area contributed by atoms with Gasteiger partial charge >= 0.3 is 0 Å². The molecule has 0 bridgehead atoms. The molecule has 2 rings (SSSR count). The maximum atomic E-state index is 7.59. The Morgan fingerprint density at radius 3 is 2.67 bits per heavy atom. The Morgan fingerprint density at radius 2 is 2.00 bits per heavy atom. The SMILES string of the molecule is COc1ccc(CSCc2ccccc2Cl)cc1C(=N)N. The highest BCUT2D eigenvalue weighted by molar-refractivity contribution is 7.97. The monoisotopic (exact) mass is 320 g/mol. The number of thioether (sulfide) groups is 1. The van der Waals surface area contributed by atoms with Crippen LogP contribution >= 0.6 is 23.4 Å². The first-order valence-corrected chi connectivity index (χ1v) is 7.97. The Morgan fingerprint density at radius 1 is 1.24 bits per heavy atom. The van der Waals surface area contributed by atoms with Gasteiger partial charge in [-0.1, -0.05) is 35.9 Å². The predicted molar refractivity (Wildman–Crippen MR) is 90.5 cm³/mol. The van der Waals surface area contributed by atoms with Crippen LogP contribution in [0.3, 0.4) is 0 Å². The minimum atomic E-state index is 0.0183. The summed E-state index contributed by atoms with van der Waals surface area (Å²) in [6.07, 6.45) is 0. The van der Waals surface area contributed by atoms with Crippen molar-refractivity contribution >= 4 is 29.2 Å². The number of hydrogen-bond donors (Lipinski definition) is 2. The van der Waals surface area contributed by atoms with Crippen molar-refractivity contribution in [1.82, 2.24) is 0 Å². The van der Waals surface area contributed by atoms with Gasteiger partial charge in [-0.05, 0) is 29.3 Å². The number of ether oxygens (including phenoxy) is 1. The van der Waals surface area contributed by atoms with Crippen molar-refractivity contribution in [2.24, 2.45) is 5.73 Å². The lowest BCUT2D eigenvalue weighted by molar-refractivity contribution is 0.413. The van der Waals surface area contributed by atoms with E-state index in [1.54, 1.807) is 18.9 Å². The molecular formula is C16H17ClN2OS. The van der Waals surface area contributed by atoms with Gasteiger partial charge < -0.3 is 10.5 Å². The summed E-state index contributed by atoms with van der Waals surface area (Å²) in [6.45, 7) is 0. The summed E-state index contributed by atoms with van der Waals surface area (Å²) in [5.41, 5.74) is 8.45. The van der Waals surface area contributed by atoms with E-state index in [0.717, 1.165) is 27.7 Å². The molecule has 0 heterocycles. The Balaban J connectivity index is 2.02. The van der Waals surface area contributed by atoms with E-state index in [9.17, 15) is 0 Å². The Hall–Kier alpha value is -1.65. The molecule has 0 saturated carbocycles. The van der Waals surface area contributed by atoms with E-state index in [2.05, 4.69) is 0 Å². The van der Waals surface area contributed by atoms with E-state index in [4.69, 9.17) is 27.5 Å². The first-order valence-electron chi connectivity index (χ1n) is 6.44. The van der Waals surface area contributed by atoms with Gasteiger partial charge in [-0.25, -0.2) is 0 Å². The Kier molecular flexibility index (Phi) is 5.53. The summed E-state index contributed by atoms with van der Waals surface area (Å²) in [5, 5.41) is 8.38. The average molecular weight is 321 g/mol. The highest BCUT2D eigenvalue weighted by Gasteiger charge is 2.07. The zero-order chi connectivity index (χ0) is 15.2. The van der Waals surface area contributed by atoms with Crippen molar-refractivity contribution in [3.63, 3.8) is 0 Å². The molecule has 0 aliphatic rings. The number of rotatable bonds is 6. The van der Waals surface area contributed by atoms with Crippen LogP contribution in [0.4, 0.5) is 0 Å². The minimum Gasteiger partial charge on any atom is -0.496 e. The fraction of sp³-hybridized carbons (Fsp3) is 0.188. The van der Waals surface area contributed by atoms with Gasteiger partial charge in [0.1, 0.15) is 11.6 Å². The lowest BCUT2D eigenvalue weighted by Gasteiger charge is -2.10. The molecule has 110 valence electrons. The molecule has 0 unspecified atom stereocenters. The van der Waals surface area contributed by atoms with Gasteiger partial charge in [0.15, 0.2) is 0 Å². The lowest BCUT2D eigenvalue weighted by atomic mass is 10.1. The average Bonchev–Trinajstić information content (AvgIpc) is 2.49. The molecule has 2 aromatic rings. The number of halogens is 1.